The summed E-state index contributed by atoms with van der Waals surface area (Å²) in [5.41, 5.74) is 1.74. The van der Waals surface area contributed by atoms with Crippen LogP contribution in [0.1, 0.15) is 52.1 Å². The number of aryl methyl sites for hydroxylation is 1. The Bertz CT molecular complexity index is 491. The first-order chi connectivity index (χ1) is 10.5. The maximum Gasteiger partial charge on any atom is 0.228 e. The van der Waals surface area contributed by atoms with Gasteiger partial charge in [-0.2, -0.15) is 0 Å². The first-order valence-electron chi connectivity index (χ1n) is 8.09. The van der Waals surface area contributed by atoms with Crippen molar-refractivity contribution in [2.45, 2.75) is 59.5 Å². The molecule has 0 radical (unpaired) electrons. The second-order valence-electron chi connectivity index (χ2n) is 5.49. The fourth-order valence-corrected chi connectivity index (χ4v) is 2.34. The van der Waals surface area contributed by atoms with Crippen LogP contribution in [0.4, 0.5) is 5.69 Å². The lowest BCUT2D eigenvalue weighted by molar-refractivity contribution is 0.174. The molecule has 0 amide bonds. The van der Waals surface area contributed by atoms with Gasteiger partial charge in [-0.3, -0.25) is 0 Å². The van der Waals surface area contributed by atoms with Gasteiger partial charge in [0.05, 0.1) is 22.2 Å². The van der Waals surface area contributed by atoms with E-state index >= 15 is 0 Å². The summed E-state index contributed by atoms with van der Waals surface area (Å²) < 4.78 is 6.92. The van der Waals surface area contributed by atoms with Gasteiger partial charge in [-0.25, -0.2) is 9.98 Å². The number of rotatable bonds is 9. The molecule has 0 spiro atoms. The minimum absolute atomic E-state index is 0.226. The zero-order valence-electron chi connectivity index (χ0n) is 14.4. The molecule has 0 N–H and O–H groups in total. The number of aromatic nitrogens is 1. The van der Waals surface area contributed by atoms with Crippen LogP contribution < -0.4 is 4.74 Å². The molecule has 0 fully saturated rings. The average molecular weight is 370 g/mol. The highest BCUT2D eigenvalue weighted by Crippen LogP contribution is 2.31. The second-order valence-corrected chi connectivity index (χ2v) is 6.34. The Kier molecular flexibility index (Phi) is 8.46. The van der Waals surface area contributed by atoms with E-state index in [0.717, 1.165) is 35.2 Å². The van der Waals surface area contributed by atoms with Gasteiger partial charge in [0.25, 0.3) is 0 Å². The monoisotopic (exact) mass is 369 g/mol. The van der Waals surface area contributed by atoms with Crippen LogP contribution in [0.15, 0.2) is 15.5 Å². The first kappa shape index (κ1) is 18.9. The lowest BCUT2D eigenvalue weighted by Crippen LogP contribution is -2.16. The largest absolute Gasteiger partial charge is 0.474 e. The highest BCUT2D eigenvalue weighted by Gasteiger charge is 2.13. The Morgan fingerprint density at radius 2 is 2.14 bits per heavy atom. The molecule has 1 aromatic rings. The summed E-state index contributed by atoms with van der Waals surface area (Å²) in [4.78, 5) is 11.1. The zero-order valence-corrected chi connectivity index (χ0v) is 16.0. The van der Waals surface area contributed by atoms with Crippen LogP contribution in [0, 0.1) is 6.92 Å². The average Bonchev–Trinajstić information content (AvgIpc) is 2.52. The van der Waals surface area contributed by atoms with Gasteiger partial charge >= 0.3 is 0 Å². The maximum absolute atomic E-state index is 6.06. The highest BCUT2D eigenvalue weighted by molar-refractivity contribution is 9.10. The SMILES string of the molecule is CCCCC(CC)Oc1nc(C)c(/N=C/N(C)CC)cc1Br. The van der Waals surface area contributed by atoms with E-state index in [9.17, 15) is 0 Å². The van der Waals surface area contributed by atoms with Gasteiger partial charge in [-0.05, 0) is 48.7 Å². The summed E-state index contributed by atoms with van der Waals surface area (Å²) in [6, 6.07) is 1.98. The minimum Gasteiger partial charge on any atom is -0.474 e. The molecule has 1 rings (SSSR count). The zero-order chi connectivity index (χ0) is 16.5. The predicted octanol–water partition coefficient (Wildman–Crippen LogP) is 5.11. The van der Waals surface area contributed by atoms with Crippen LogP contribution in [0.2, 0.25) is 0 Å². The molecule has 0 saturated heterocycles. The van der Waals surface area contributed by atoms with Crippen molar-refractivity contribution >= 4 is 28.0 Å². The molecule has 0 aliphatic heterocycles. The van der Waals surface area contributed by atoms with Gasteiger partial charge in [-0.15, -0.1) is 0 Å². The van der Waals surface area contributed by atoms with Crippen molar-refractivity contribution in [1.82, 2.24) is 9.88 Å². The van der Waals surface area contributed by atoms with Crippen molar-refractivity contribution in [2.24, 2.45) is 4.99 Å². The summed E-state index contributed by atoms with van der Waals surface area (Å²) in [7, 11) is 2.00. The molecule has 5 heteroatoms. The van der Waals surface area contributed by atoms with E-state index in [4.69, 9.17) is 4.74 Å². The van der Waals surface area contributed by atoms with Crippen LogP contribution in [-0.4, -0.2) is 35.9 Å². The quantitative estimate of drug-likeness (QED) is 0.448. The third-order valence-electron chi connectivity index (χ3n) is 3.61. The molecular weight excluding hydrogens is 342 g/mol. The van der Waals surface area contributed by atoms with Crippen molar-refractivity contribution in [3.8, 4) is 5.88 Å². The number of unbranched alkanes of at least 4 members (excludes halogenated alkanes) is 1. The predicted molar refractivity (Wildman–Crippen MR) is 97.4 cm³/mol. The van der Waals surface area contributed by atoms with Gasteiger partial charge in [-0.1, -0.05) is 26.7 Å². The van der Waals surface area contributed by atoms with Crippen molar-refractivity contribution < 1.29 is 4.74 Å². The van der Waals surface area contributed by atoms with Crippen molar-refractivity contribution in [1.29, 1.82) is 0 Å². The summed E-state index contributed by atoms with van der Waals surface area (Å²) >= 11 is 3.56. The molecular formula is C17H28BrN3O. The lowest BCUT2D eigenvalue weighted by atomic mass is 10.1. The molecule has 22 heavy (non-hydrogen) atoms. The van der Waals surface area contributed by atoms with E-state index in [1.807, 2.05) is 31.3 Å². The molecule has 0 aliphatic rings. The fraction of sp³-hybridized carbons (Fsp3) is 0.647. The van der Waals surface area contributed by atoms with Crippen molar-refractivity contribution in [2.75, 3.05) is 13.6 Å². The van der Waals surface area contributed by atoms with E-state index in [2.05, 4.69) is 46.7 Å². The molecule has 1 aromatic heterocycles. The number of ether oxygens (including phenoxy) is 1. The van der Waals surface area contributed by atoms with E-state index in [0.29, 0.717) is 5.88 Å². The van der Waals surface area contributed by atoms with Crippen LogP contribution in [0.3, 0.4) is 0 Å². The fourth-order valence-electron chi connectivity index (χ4n) is 1.94. The van der Waals surface area contributed by atoms with Gasteiger partial charge in [0, 0.05) is 13.6 Å². The summed E-state index contributed by atoms with van der Waals surface area (Å²) in [6.45, 7) is 9.33. The van der Waals surface area contributed by atoms with Crippen LogP contribution >= 0.6 is 15.9 Å². The third kappa shape index (κ3) is 5.95. The van der Waals surface area contributed by atoms with Gasteiger partial charge in [0.1, 0.15) is 6.10 Å². The van der Waals surface area contributed by atoms with Crippen LogP contribution in [0.5, 0.6) is 5.88 Å². The Morgan fingerprint density at radius 3 is 2.73 bits per heavy atom. The molecule has 124 valence electrons. The lowest BCUT2D eigenvalue weighted by Gasteiger charge is -2.18. The molecule has 0 aromatic carbocycles. The van der Waals surface area contributed by atoms with Crippen LogP contribution in [-0.2, 0) is 0 Å². The topological polar surface area (TPSA) is 37.7 Å². The molecule has 0 aliphatic carbocycles. The molecule has 1 atom stereocenters. The van der Waals surface area contributed by atoms with Gasteiger partial charge < -0.3 is 9.64 Å². The smallest absolute Gasteiger partial charge is 0.228 e. The first-order valence-corrected chi connectivity index (χ1v) is 8.89. The molecule has 0 bridgehead atoms. The number of hydrogen-bond donors (Lipinski definition) is 0. The van der Waals surface area contributed by atoms with E-state index < -0.39 is 0 Å². The Morgan fingerprint density at radius 1 is 1.41 bits per heavy atom. The molecule has 1 unspecified atom stereocenters. The highest BCUT2D eigenvalue weighted by atomic mass is 79.9. The normalized spacial score (nSPS) is 12.6. The Hall–Kier alpha value is -1.10. The molecule has 1 heterocycles. The summed E-state index contributed by atoms with van der Waals surface area (Å²) in [6.07, 6.45) is 6.49. The standard InChI is InChI=1S/C17H28BrN3O/c1-6-9-10-14(7-2)22-17-15(18)11-16(13(4)20-17)19-12-21(5)8-3/h11-12,14H,6-10H2,1-5H3/b19-12+. The number of aliphatic imine (C=N–C) groups is 1. The van der Waals surface area contributed by atoms with E-state index in [1.54, 1.807) is 0 Å². The molecule has 4 nitrogen and oxygen atoms in total. The number of nitrogens with zero attached hydrogens (tertiary/aromatic N) is 3. The van der Waals surface area contributed by atoms with E-state index in [-0.39, 0.29) is 6.10 Å². The Balaban J connectivity index is 2.86. The number of pyridine rings is 1. The third-order valence-corrected chi connectivity index (χ3v) is 4.18. The number of halogens is 1. The van der Waals surface area contributed by atoms with E-state index in [1.165, 1.54) is 12.8 Å². The molecule has 0 saturated carbocycles. The maximum atomic E-state index is 6.06. The van der Waals surface area contributed by atoms with Crippen molar-refractivity contribution in [3.05, 3.63) is 16.2 Å². The van der Waals surface area contributed by atoms with Crippen molar-refractivity contribution in [3.63, 3.8) is 0 Å². The Labute approximate surface area is 143 Å². The second kappa shape index (κ2) is 9.82. The van der Waals surface area contributed by atoms with Crippen LogP contribution in [0.25, 0.3) is 0 Å². The summed E-state index contributed by atoms with van der Waals surface area (Å²) in [5.74, 6) is 0.670. The minimum atomic E-state index is 0.226. The van der Waals surface area contributed by atoms with Gasteiger partial charge in [0.15, 0.2) is 0 Å². The number of hydrogen-bond acceptors (Lipinski definition) is 3. The summed E-state index contributed by atoms with van der Waals surface area (Å²) in [5, 5.41) is 0. The van der Waals surface area contributed by atoms with Gasteiger partial charge in [0.2, 0.25) is 5.88 Å².